The van der Waals surface area contributed by atoms with E-state index in [9.17, 15) is 4.91 Å². The van der Waals surface area contributed by atoms with Gasteiger partial charge in [0.25, 0.3) is 5.69 Å². The van der Waals surface area contributed by atoms with E-state index in [0.717, 1.165) is 44.2 Å². The second-order valence-corrected chi connectivity index (χ2v) is 5.81. The number of hydrogen-bond donors (Lipinski definition) is 0. The van der Waals surface area contributed by atoms with Crippen LogP contribution in [-0.4, -0.2) is 30.5 Å². The van der Waals surface area contributed by atoms with Crippen molar-refractivity contribution in [2.45, 2.75) is 13.3 Å². The van der Waals surface area contributed by atoms with Crippen LogP contribution in [0.25, 0.3) is 0 Å². The molecule has 2 aromatic rings. The molecule has 0 unspecified atom stereocenters. The lowest BCUT2D eigenvalue weighted by Crippen LogP contribution is -2.07. The molecule has 6 heteroatoms. The fraction of sp³-hybridized carbons (Fsp3) is 0.222. The number of nitroso groups, excluding NO2 is 1. The zero-order chi connectivity index (χ0) is 16.7. The molecular formula is C18H16N3O3+. The van der Waals surface area contributed by atoms with E-state index < -0.39 is 0 Å². The minimum Gasteiger partial charge on any atom is -0.454 e. The molecule has 2 heterocycles. The molecule has 0 N–H and O–H groups in total. The van der Waals surface area contributed by atoms with Crippen molar-refractivity contribution in [2.24, 2.45) is 10.2 Å². The summed E-state index contributed by atoms with van der Waals surface area (Å²) in [6.07, 6.45) is 2.46. The zero-order valence-electron chi connectivity index (χ0n) is 13.4. The fourth-order valence-corrected chi connectivity index (χ4v) is 3.03. The summed E-state index contributed by atoms with van der Waals surface area (Å²) >= 11 is 0. The van der Waals surface area contributed by atoms with Gasteiger partial charge in [0, 0.05) is 45.1 Å². The third-order valence-electron chi connectivity index (χ3n) is 4.21. The molecule has 4 rings (SSSR count). The fourth-order valence-electron chi connectivity index (χ4n) is 3.03. The van der Waals surface area contributed by atoms with Crippen LogP contribution in [-0.2, 0) is 6.42 Å². The Kier molecular flexibility index (Phi) is 3.37. The molecule has 0 saturated carbocycles. The Hall–Kier alpha value is -3.02. The van der Waals surface area contributed by atoms with Gasteiger partial charge in [-0.05, 0) is 36.8 Å². The molecule has 2 aliphatic heterocycles. The maximum atomic E-state index is 11.6. The van der Waals surface area contributed by atoms with Gasteiger partial charge >= 0.3 is 0 Å². The average molecular weight is 322 g/mol. The summed E-state index contributed by atoms with van der Waals surface area (Å²) in [4.78, 5) is 11.6. The largest absolute Gasteiger partial charge is 0.454 e. The monoisotopic (exact) mass is 322 g/mol. The number of hydrogen-bond acceptors (Lipinski definition) is 5. The maximum Gasteiger partial charge on any atom is 0.258 e. The van der Waals surface area contributed by atoms with Crippen LogP contribution in [0, 0.1) is 11.8 Å². The average Bonchev–Trinajstić information content (AvgIpc) is 2.91. The summed E-state index contributed by atoms with van der Waals surface area (Å²) in [6, 6.07) is 9.59. The van der Waals surface area contributed by atoms with E-state index in [0.29, 0.717) is 12.1 Å². The minimum atomic E-state index is 0.239. The van der Waals surface area contributed by atoms with Gasteiger partial charge in [-0.3, -0.25) is 0 Å². The molecule has 0 fully saturated rings. The molecular weight excluding hydrogens is 306 g/mol. The van der Waals surface area contributed by atoms with Crippen LogP contribution in [0.2, 0.25) is 0 Å². The Morgan fingerprint density at radius 2 is 1.92 bits per heavy atom. The highest BCUT2D eigenvalue weighted by Gasteiger charge is 2.22. The Balaban J connectivity index is 1.85. The van der Waals surface area contributed by atoms with Gasteiger partial charge in [0.05, 0.1) is 0 Å². The van der Waals surface area contributed by atoms with E-state index in [-0.39, 0.29) is 6.79 Å². The van der Waals surface area contributed by atoms with Crippen LogP contribution in [0.15, 0.2) is 40.5 Å². The summed E-state index contributed by atoms with van der Waals surface area (Å²) in [6.45, 7) is 2.15. The van der Waals surface area contributed by atoms with Gasteiger partial charge in [-0.25, -0.2) is 0 Å². The molecule has 0 spiro atoms. The molecule has 2 aromatic carbocycles. The van der Waals surface area contributed by atoms with Crippen molar-refractivity contribution >= 4 is 17.6 Å². The molecule has 0 bridgehead atoms. The van der Waals surface area contributed by atoms with Crippen LogP contribution in [0.3, 0.4) is 0 Å². The molecule has 6 nitrogen and oxygen atoms in total. The van der Waals surface area contributed by atoms with Crippen molar-refractivity contribution < 1.29 is 14.2 Å². The number of benzene rings is 2. The van der Waals surface area contributed by atoms with Crippen molar-refractivity contribution in [2.75, 3.05) is 13.8 Å². The molecule has 0 amide bonds. The van der Waals surface area contributed by atoms with Gasteiger partial charge in [0.15, 0.2) is 18.5 Å². The lowest BCUT2D eigenvalue weighted by Gasteiger charge is -2.11. The van der Waals surface area contributed by atoms with Crippen LogP contribution >= 0.6 is 0 Å². The summed E-state index contributed by atoms with van der Waals surface area (Å²) in [7, 11) is 1.49. The molecule has 120 valence electrons. The van der Waals surface area contributed by atoms with Crippen molar-refractivity contribution in [1.82, 2.24) is 0 Å². The lowest BCUT2D eigenvalue weighted by atomic mass is 9.94. The second kappa shape index (κ2) is 5.56. The molecule has 0 atom stereocenters. The highest BCUT2D eigenvalue weighted by atomic mass is 16.7. The highest BCUT2D eigenvalue weighted by molar-refractivity contribution is 6.15. The number of fused-ring (bicyclic) bond motifs is 2. The Morgan fingerprint density at radius 3 is 2.67 bits per heavy atom. The highest BCUT2D eigenvalue weighted by Crippen LogP contribution is 2.36. The minimum absolute atomic E-state index is 0.239. The van der Waals surface area contributed by atoms with Gasteiger partial charge in [-0.1, -0.05) is 0 Å². The van der Waals surface area contributed by atoms with Crippen molar-refractivity contribution in [1.29, 1.82) is 0 Å². The van der Waals surface area contributed by atoms with Crippen molar-refractivity contribution in [3.8, 4) is 11.5 Å². The summed E-state index contributed by atoms with van der Waals surface area (Å²) in [5.41, 5.74) is 5.27. The first-order valence-electron chi connectivity index (χ1n) is 7.68. The van der Waals surface area contributed by atoms with E-state index in [1.807, 2.05) is 31.2 Å². The predicted molar refractivity (Wildman–Crippen MR) is 90.8 cm³/mol. The zero-order valence-corrected chi connectivity index (χ0v) is 13.4. The first-order chi connectivity index (χ1) is 11.6. The summed E-state index contributed by atoms with van der Waals surface area (Å²) in [5.74, 6) is 1.47. The Morgan fingerprint density at radius 1 is 1.12 bits per heavy atom. The molecule has 0 saturated heterocycles. The van der Waals surface area contributed by atoms with Gasteiger partial charge in [-0.2, -0.15) is 10.2 Å². The predicted octanol–water partition coefficient (Wildman–Crippen LogP) is 3.14. The van der Waals surface area contributed by atoms with E-state index in [4.69, 9.17) is 9.47 Å². The molecule has 24 heavy (non-hydrogen) atoms. The SMILES string of the molecule is Cc1cc(C2=NN=CCc3cc4c(cc32)OCO4)ccc1[N+](C)=O. The van der Waals surface area contributed by atoms with E-state index >= 15 is 0 Å². The van der Waals surface area contributed by atoms with Crippen LogP contribution in [0.5, 0.6) is 11.5 Å². The lowest BCUT2D eigenvalue weighted by molar-refractivity contribution is -0.428. The smallest absolute Gasteiger partial charge is 0.258 e. The van der Waals surface area contributed by atoms with Crippen molar-refractivity contribution in [3.63, 3.8) is 0 Å². The van der Waals surface area contributed by atoms with Gasteiger partial charge < -0.3 is 9.47 Å². The van der Waals surface area contributed by atoms with E-state index in [2.05, 4.69) is 10.2 Å². The Labute approximate surface area is 139 Å². The molecule has 0 radical (unpaired) electrons. The van der Waals surface area contributed by atoms with Crippen LogP contribution in [0.4, 0.5) is 5.69 Å². The standard InChI is InChI=1S/C18H16N3O3/c1-11-7-13(3-4-15(11)21(2)22)18-14-9-17-16(23-10-24-17)8-12(14)5-6-19-20-18/h3-4,6-9H,5,10H2,1-2H3/q+1. The quantitative estimate of drug-likeness (QED) is 0.798. The molecule has 2 aliphatic rings. The third-order valence-corrected chi connectivity index (χ3v) is 4.21. The summed E-state index contributed by atoms with van der Waals surface area (Å²) < 4.78 is 11.8. The normalized spacial score (nSPS) is 14.8. The number of aryl methyl sites for hydroxylation is 1. The first kappa shape index (κ1) is 14.6. The molecule has 0 aliphatic carbocycles. The Bertz CT molecular complexity index is 916. The second-order valence-electron chi connectivity index (χ2n) is 5.81. The van der Waals surface area contributed by atoms with Crippen LogP contribution in [0.1, 0.15) is 22.3 Å². The number of ether oxygens (including phenoxy) is 2. The van der Waals surface area contributed by atoms with E-state index in [1.165, 1.54) is 7.05 Å². The topological polar surface area (TPSA) is 63.3 Å². The van der Waals surface area contributed by atoms with Gasteiger partial charge in [0.2, 0.25) is 6.79 Å². The first-order valence-corrected chi connectivity index (χ1v) is 7.68. The molecule has 0 aromatic heterocycles. The van der Waals surface area contributed by atoms with Crippen LogP contribution < -0.4 is 9.47 Å². The van der Waals surface area contributed by atoms with E-state index in [1.54, 1.807) is 12.3 Å². The number of nitrogens with zero attached hydrogens (tertiary/aromatic N) is 3. The third kappa shape index (κ3) is 2.36. The maximum absolute atomic E-state index is 11.6. The summed E-state index contributed by atoms with van der Waals surface area (Å²) in [5, 5.41) is 8.52. The van der Waals surface area contributed by atoms with Gasteiger partial charge in [0.1, 0.15) is 5.71 Å². The van der Waals surface area contributed by atoms with Gasteiger partial charge in [-0.15, -0.1) is 0 Å². The van der Waals surface area contributed by atoms with Crippen molar-refractivity contribution in [3.05, 3.63) is 57.5 Å². The number of rotatable bonds is 2.